The summed E-state index contributed by atoms with van der Waals surface area (Å²) in [6.07, 6.45) is -0.00160. The van der Waals surface area contributed by atoms with Crippen molar-refractivity contribution in [3.05, 3.63) is 58.2 Å². The summed E-state index contributed by atoms with van der Waals surface area (Å²) in [6, 6.07) is 7.64. The Kier molecular flexibility index (Phi) is 8.69. The van der Waals surface area contributed by atoms with E-state index >= 15 is 0 Å². The van der Waals surface area contributed by atoms with E-state index in [-0.39, 0.29) is 29.5 Å². The van der Waals surface area contributed by atoms with Crippen molar-refractivity contribution < 1.29 is 27.8 Å². The molecule has 0 saturated heterocycles. The standard InChI is InChI=1S/C25H28F2N6O4S/c1-33(2)10-4-3-8-29-21(34)13-18-11-16(7-9-28-18)14-30-23-22(38-15-31-23)24(35)32-17-5-6-19-20(12-17)37-25(26,27)36-19/h5-7,9,11-12,15,30H,3-4,8,10,13-14H2,1-2H3,(H,29,34)(H,32,35). The number of nitrogens with one attached hydrogen (secondary N) is 3. The number of aromatic nitrogens is 2. The number of hydrogen-bond acceptors (Lipinski definition) is 9. The van der Waals surface area contributed by atoms with Crippen LogP contribution in [0.15, 0.2) is 42.0 Å². The molecule has 4 rings (SSSR count). The predicted octanol–water partition coefficient (Wildman–Crippen LogP) is 3.72. The van der Waals surface area contributed by atoms with Crippen LogP contribution in [0.25, 0.3) is 0 Å². The number of amides is 2. The Morgan fingerprint density at radius 3 is 2.71 bits per heavy atom. The second kappa shape index (κ2) is 12.1. The van der Waals surface area contributed by atoms with Crippen LogP contribution in [0.4, 0.5) is 20.3 Å². The average Bonchev–Trinajstić information content (AvgIpc) is 3.45. The smallest absolute Gasteiger partial charge is 0.395 e. The lowest BCUT2D eigenvalue weighted by atomic mass is 10.2. The van der Waals surface area contributed by atoms with E-state index < -0.39 is 12.2 Å². The number of alkyl halides is 2. The minimum absolute atomic E-state index is 0.0850. The van der Waals surface area contributed by atoms with Crippen LogP contribution in [0.3, 0.4) is 0 Å². The fraction of sp³-hybridized carbons (Fsp3) is 0.360. The number of ether oxygens (including phenoxy) is 2. The van der Waals surface area contributed by atoms with Crippen molar-refractivity contribution in [2.24, 2.45) is 0 Å². The number of benzene rings is 1. The van der Waals surface area contributed by atoms with Gasteiger partial charge in [-0.1, -0.05) is 0 Å². The fourth-order valence-electron chi connectivity index (χ4n) is 3.68. The van der Waals surface area contributed by atoms with Crippen molar-refractivity contribution >= 4 is 34.7 Å². The first-order valence-corrected chi connectivity index (χ1v) is 12.8. The second-order valence-corrected chi connectivity index (χ2v) is 9.71. The van der Waals surface area contributed by atoms with Crippen LogP contribution >= 0.6 is 11.3 Å². The topological polar surface area (TPSA) is 118 Å². The molecule has 0 radical (unpaired) electrons. The zero-order valence-electron chi connectivity index (χ0n) is 20.9. The van der Waals surface area contributed by atoms with Gasteiger partial charge in [0.2, 0.25) is 5.91 Å². The maximum Gasteiger partial charge on any atom is 0.586 e. The van der Waals surface area contributed by atoms with Gasteiger partial charge in [0.1, 0.15) is 10.7 Å². The summed E-state index contributed by atoms with van der Waals surface area (Å²) in [7, 11) is 4.04. The number of halogens is 2. The van der Waals surface area contributed by atoms with Crippen molar-refractivity contribution in [3.8, 4) is 11.5 Å². The van der Waals surface area contributed by atoms with Gasteiger partial charge in [-0.3, -0.25) is 14.6 Å². The Morgan fingerprint density at radius 2 is 1.89 bits per heavy atom. The summed E-state index contributed by atoms with van der Waals surface area (Å²) in [4.78, 5) is 36.0. The Morgan fingerprint density at radius 1 is 1.08 bits per heavy atom. The van der Waals surface area contributed by atoms with Gasteiger partial charge in [-0.2, -0.15) is 0 Å². The number of anilines is 2. The number of pyridine rings is 1. The number of nitrogens with zero attached hydrogens (tertiary/aromatic N) is 3. The fourth-order valence-corrected chi connectivity index (χ4v) is 4.33. The van der Waals surface area contributed by atoms with Crippen molar-refractivity contribution in [1.82, 2.24) is 20.2 Å². The largest absolute Gasteiger partial charge is 0.586 e. The van der Waals surface area contributed by atoms with Gasteiger partial charge >= 0.3 is 6.29 Å². The van der Waals surface area contributed by atoms with Gasteiger partial charge in [0.15, 0.2) is 11.5 Å². The molecule has 1 aliphatic heterocycles. The molecule has 10 nitrogen and oxygen atoms in total. The van der Waals surface area contributed by atoms with Gasteiger partial charge in [0.25, 0.3) is 5.91 Å². The molecular formula is C25H28F2N6O4S. The molecule has 2 aromatic heterocycles. The third kappa shape index (κ3) is 7.59. The van der Waals surface area contributed by atoms with E-state index in [4.69, 9.17) is 0 Å². The van der Waals surface area contributed by atoms with Gasteiger partial charge in [0.05, 0.1) is 11.9 Å². The molecule has 0 atom stereocenters. The second-order valence-electron chi connectivity index (χ2n) is 8.86. The van der Waals surface area contributed by atoms with Gasteiger partial charge in [-0.05, 0) is 63.3 Å². The van der Waals surface area contributed by atoms with Crippen molar-refractivity contribution in [1.29, 1.82) is 0 Å². The summed E-state index contributed by atoms with van der Waals surface area (Å²) in [5.41, 5.74) is 3.30. The number of rotatable bonds is 12. The van der Waals surface area contributed by atoms with Gasteiger partial charge in [-0.15, -0.1) is 20.1 Å². The third-order valence-corrected chi connectivity index (χ3v) is 6.29. The van der Waals surface area contributed by atoms with Crippen LogP contribution in [-0.2, 0) is 17.8 Å². The molecule has 0 spiro atoms. The zero-order valence-corrected chi connectivity index (χ0v) is 21.7. The normalized spacial score (nSPS) is 13.4. The van der Waals surface area contributed by atoms with E-state index in [2.05, 4.69) is 40.3 Å². The molecule has 1 aliphatic rings. The van der Waals surface area contributed by atoms with Crippen LogP contribution in [0, 0.1) is 0 Å². The Bertz CT molecular complexity index is 1290. The van der Waals surface area contributed by atoms with Crippen molar-refractivity contribution in [2.45, 2.75) is 32.1 Å². The van der Waals surface area contributed by atoms with Gasteiger partial charge < -0.3 is 30.3 Å². The van der Waals surface area contributed by atoms with Crippen LogP contribution in [0.2, 0.25) is 0 Å². The molecule has 0 unspecified atom stereocenters. The van der Waals surface area contributed by atoms with E-state index in [0.29, 0.717) is 29.5 Å². The summed E-state index contributed by atoms with van der Waals surface area (Å²) in [5.74, 6) is -0.450. The highest BCUT2D eigenvalue weighted by molar-refractivity contribution is 7.12. The van der Waals surface area contributed by atoms with Crippen LogP contribution in [-0.4, -0.2) is 60.2 Å². The highest BCUT2D eigenvalue weighted by Crippen LogP contribution is 2.42. The van der Waals surface area contributed by atoms with Crippen LogP contribution in [0.5, 0.6) is 11.5 Å². The Labute approximate surface area is 222 Å². The summed E-state index contributed by atoms with van der Waals surface area (Å²) in [5, 5.41) is 8.70. The molecule has 0 fully saturated rings. The lowest BCUT2D eigenvalue weighted by molar-refractivity contribution is -0.286. The molecule has 3 heterocycles. The first-order valence-electron chi connectivity index (χ1n) is 11.9. The molecule has 0 bridgehead atoms. The molecule has 1 aromatic carbocycles. The minimum atomic E-state index is -3.73. The SMILES string of the molecule is CN(C)CCCCNC(=O)Cc1cc(CNc2ncsc2C(=O)Nc2ccc3c(c2)OC(F)(F)O3)ccn1. The van der Waals surface area contributed by atoms with Crippen molar-refractivity contribution in [2.75, 3.05) is 37.8 Å². The summed E-state index contributed by atoms with van der Waals surface area (Å²) < 4.78 is 35.3. The molecule has 3 N–H and O–H groups in total. The maximum absolute atomic E-state index is 13.2. The van der Waals surface area contributed by atoms with E-state index in [1.54, 1.807) is 6.20 Å². The lowest BCUT2D eigenvalue weighted by Gasteiger charge is -2.10. The molecule has 38 heavy (non-hydrogen) atoms. The summed E-state index contributed by atoms with van der Waals surface area (Å²) in [6.45, 7) is 1.96. The monoisotopic (exact) mass is 546 g/mol. The number of carbonyl (C=O) groups is 2. The van der Waals surface area contributed by atoms with E-state index in [0.717, 1.165) is 36.3 Å². The first-order chi connectivity index (χ1) is 18.2. The number of hydrogen-bond donors (Lipinski definition) is 3. The molecule has 0 aliphatic carbocycles. The number of carbonyl (C=O) groups excluding carboxylic acids is 2. The van der Waals surface area contributed by atoms with E-state index in [1.165, 1.54) is 23.7 Å². The highest BCUT2D eigenvalue weighted by atomic mass is 32.1. The molecule has 2 amide bonds. The number of thiazole rings is 1. The molecular weight excluding hydrogens is 518 g/mol. The van der Waals surface area contributed by atoms with Crippen LogP contribution in [0.1, 0.15) is 33.8 Å². The summed E-state index contributed by atoms with van der Waals surface area (Å²) >= 11 is 1.13. The molecule has 202 valence electrons. The lowest BCUT2D eigenvalue weighted by Crippen LogP contribution is -2.27. The van der Waals surface area contributed by atoms with Gasteiger partial charge in [0, 0.05) is 36.7 Å². The molecule has 0 saturated carbocycles. The molecule has 3 aromatic rings. The highest BCUT2D eigenvalue weighted by Gasteiger charge is 2.43. The van der Waals surface area contributed by atoms with Crippen molar-refractivity contribution in [3.63, 3.8) is 0 Å². The third-order valence-electron chi connectivity index (χ3n) is 5.47. The predicted molar refractivity (Wildman–Crippen MR) is 139 cm³/mol. The van der Waals surface area contributed by atoms with Gasteiger partial charge in [-0.25, -0.2) is 4.98 Å². The minimum Gasteiger partial charge on any atom is -0.395 e. The Balaban J connectivity index is 1.28. The first kappa shape index (κ1) is 27.2. The zero-order chi connectivity index (χ0) is 27.1. The maximum atomic E-state index is 13.2. The number of fused-ring (bicyclic) bond motifs is 1. The number of unbranched alkanes of at least 4 members (excludes halogenated alkanes) is 1. The van der Waals surface area contributed by atoms with E-state index in [9.17, 15) is 18.4 Å². The van der Waals surface area contributed by atoms with Crippen LogP contribution < -0.4 is 25.4 Å². The quantitative estimate of drug-likeness (QED) is 0.294. The van der Waals surface area contributed by atoms with E-state index in [1.807, 2.05) is 26.2 Å². The Hall–Kier alpha value is -3.84. The average molecular weight is 547 g/mol. The molecule has 13 heteroatoms.